The lowest BCUT2D eigenvalue weighted by Crippen LogP contribution is -2.02. The summed E-state index contributed by atoms with van der Waals surface area (Å²) in [6.07, 6.45) is 0.753. The van der Waals surface area contributed by atoms with Gasteiger partial charge in [-0.05, 0) is 31.0 Å². The predicted molar refractivity (Wildman–Crippen MR) is 103 cm³/mol. The third-order valence-electron chi connectivity index (χ3n) is 4.61. The Labute approximate surface area is 152 Å². The van der Waals surface area contributed by atoms with Gasteiger partial charge >= 0.3 is 0 Å². The zero-order valence-corrected chi connectivity index (χ0v) is 14.8. The fraction of sp³-hybridized carbons (Fsp3) is 0.136. The third-order valence-corrected chi connectivity index (χ3v) is 4.61. The van der Waals surface area contributed by atoms with Gasteiger partial charge in [0.05, 0.1) is 22.6 Å². The molecule has 0 spiro atoms. The second-order valence-electron chi connectivity index (χ2n) is 6.18. The molecule has 0 aliphatic carbocycles. The molecule has 0 aliphatic heterocycles. The lowest BCUT2D eigenvalue weighted by atomic mass is 9.97. The van der Waals surface area contributed by atoms with Crippen molar-refractivity contribution in [3.63, 3.8) is 0 Å². The molecule has 0 N–H and O–H groups in total. The first kappa shape index (κ1) is 16.0. The topological polar surface area (TPSA) is 54.5 Å². The normalized spacial score (nSPS) is 10.8. The van der Waals surface area contributed by atoms with E-state index in [1.807, 2.05) is 72.3 Å². The minimum absolute atomic E-state index is 0.641. The van der Waals surface area contributed by atoms with E-state index >= 15 is 0 Å². The Kier molecular flexibility index (Phi) is 3.98. The fourth-order valence-corrected chi connectivity index (χ4v) is 3.43. The summed E-state index contributed by atoms with van der Waals surface area (Å²) in [4.78, 5) is 4.90. The number of fused-ring (bicyclic) bond motifs is 1. The van der Waals surface area contributed by atoms with Crippen molar-refractivity contribution >= 4 is 11.0 Å². The smallest absolute Gasteiger partial charge is 0.164 e. The van der Waals surface area contributed by atoms with Gasteiger partial charge < -0.3 is 0 Å². The second kappa shape index (κ2) is 6.45. The van der Waals surface area contributed by atoms with Gasteiger partial charge in [0, 0.05) is 10.9 Å². The molecule has 26 heavy (non-hydrogen) atoms. The minimum Gasteiger partial charge on any atom is -0.226 e. The zero-order chi connectivity index (χ0) is 18.1. The van der Waals surface area contributed by atoms with Gasteiger partial charge in [0.2, 0.25) is 0 Å². The maximum absolute atomic E-state index is 9.85. The van der Waals surface area contributed by atoms with E-state index in [1.165, 1.54) is 0 Å². The molecule has 0 fully saturated rings. The van der Waals surface area contributed by atoms with E-state index in [0.717, 1.165) is 45.7 Å². The second-order valence-corrected chi connectivity index (χ2v) is 6.18. The average molecular weight is 338 g/mol. The molecule has 2 aromatic heterocycles. The van der Waals surface area contributed by atoms with Gasteiger partial charge in [0.25, 0.3) is 0 Å². The van der Waals surface area contributed by atoms with Crippen LogP contribution in [0, 0.1) is 18.3 Å². The molecule has 0 bridgehead atoms. The van der Waals surface area contributed by atoms with E-state index in [-0.39, 0.29) is 0 Å². The van der Waals surface area contributed by atoms with E-state index in [2.05, 4.69) is 13.0 Å². The lowest BCUT2D eigenvalue weighted by molar-refractivity contribution is 0.878. The van der Waals surface area contributed by atoms with Crippen LogP contribution in [-0.2, 0) is 6.42 Å². The van der Waals surface area contributed by atoms with E-state index in [4.69, 9.17) is 10.1 Å². The van der Waals surface area contributed by atoms with E-state index in [0.29, 0.717) is 5.56 Å². The van der Waals surface area contributed by atoms with E-state index < -0.39 is 0 Å². The predicted octanol–water partition coefficient (Wildman–Crippen LogP) is 4.83. The molecule has 2 aromatic carbocycles. The number of nitriles is 1. The number of hydrogen-bond donors (Lipinski definition) is 0. The molecule has 4 heteroatoms. The quantitative estimate of drug-likeness (QED) is 0.537. The zero-order valence-electron chi connectivity index (χ0n) is 14.8. The SMILES string of the molecule is CCc1c(C#N)c(-c2ccccc2)nc2c1c(C)nn2-c1ccccc1. The Morgan fingerprint density at radius 3 is 2.27 bits per heavy atom. The molecule has 4 aromatic rings. The summed E-state index contributed by atoms with van der Waals surface area (Å²) in [6.45, 7) is 4.05. The lowest BCUT2D eigenvalue weighted by Gasteiger charge is -2.11. The summed E-state index contributed by atoms with van der Waals surface area (Å²) < 4.78 is 1.87. The molecular weight excluding hydrogens is 320 g/mol. The van der Waals surface area contributed by atoms with Crippen molar-refractivity contribution in [2.24, 2.45) is 0 Å². The number of benzene rings is 2. The van der Waals surface area contributed by atoms with Gasteiger partial charge in [-0.3, -0.25) is 0 Å². The maximum atomic E-state index is 9.85. The highest BCUT2D eigenvalue weighted by Gasteiger charge is 2.21. The van der Waals surface area contributed by atoms with Gasteiger partial charge in [-0.1, -0.05) is 55.5 Å². The van der Waals surface area contributed by atoms with E-state index in [1.54, 1.807) is 0 Å². The van der Waals surface area contributed by atoms with Crippen LogP contribution in [-0.4, -0.2) is 14.8 Å². The molecule has 0 amide bonds. The number of hydrogen-bond acceptors (Lipinski definition) is 3. The highest BCUT2D eigenvalue weighted by Crippen LogP contribution is 2.32. The number of aryl methyl sites for hydroxylation is 2. The summed E-state index contributed by atoms with van der Waals surface area (Å²) in [5.41, 5.74) is 5.96. The Bertz CT molecular complexity index is 1120. The van der Waals surface area contributed by atoms with Crippen molar-refractivity contribution < 1.29 is 0 Å². The first-order chi connectivity index (χ1) is 12.7. The average Bonchev–Trinajstić information content (AvgIpc) is 3.04. The van der Waals surface area contributed by atoms with Crippen LogP contribution in [0.1, 0.15) is 23.7 Å². The molecule has 4 nitrogen and oxygen atoms in total. The number of pyridine rings is 1. The highest BCUT2D eigenvalue weighted by atomic mass is 15.3. The summed E-state index contributed by atoms with van der Waals surface area (Å²) in [5, 5.41) is 15.6. The Morgan fingerprint density at radius 2 is 1.65 bits per heavy atom. The van der Waals surface area contributed by atoms with Crippen LogP contribution in [0.5, 0.6) is 0 Å². The van der Waals surface area contributed by atoms with Crippen molar-refractivity contribution in [1.29, 1.82) is 5.26 Å². The van der Waals surface area contributed by atoms with Crippen LogP contribution in [0.4, 0.5) is 0 Å². The molecule has 0 saturated heterocycles. The third kappa shape index (κ3) is 2.46. The fourth-order valence-electron chi connectivity index (χ4n) is 3.43. The number of para-hydroxylation sites is 1. The molecule has 4 rings (SSSR count). The highest BCUT2D eigenvalue weighted by molar-refractivity contribution is 5.89. The first-order valence-electron chi connectivity index (χ1n) is 8.67. The van der Waals surface area contributed by atoms with Crippen LogP contribution < -0.4 is 0 Å². The summed E-state index contributed by atoms with van der Waals surface area (Å²) in [7, 11) is 0. The molecule has 0 aliphatic rings. The van der Waals surface area contributed by atoms with Crippen LogP contribution in [0.3, 0.4) is 0 Å². The molecule has 0 saturated carbocycles. The van der Waals surface area contributed by atoms with Crippen molar-refractivity contribution in [3.8, 4) is 23.0 Å². The van der Waals surface area contributed by atoms with Gasteiger partial charge in [-0.25, -0.2) is 9.67 Å². The van der Waals surface area contributed by atoms with Crippen LogP contribution >= 0.6 is 0 Å². The van der Waals surface area contributed by atoms with Gasteiger partial charge in [-0.2, -0.15) is 10.4 Å². The molecule has 126 valence electrons. The number of aromatic nitrogens is 3. The largest absolute Gasteiger partial charge is 0.226 e. The van der Waals surface area contributed by atoms with Crippen LogP contribution in [0.15, 0.2) is 60.7 Å². The van der Waals surface area contributed by atoms with Crippen LogP contribution in [0.2, 0.25) is 0 Å². The van der Waals surface area contributed by atoms with Gasteiger partial charge in [0.1, 0.15) is 6.07 Å². The Balaban J connectivity index is 2.12. The summed E-state index contributed by atoms with van der Waals surface area (Å²) in [6, 6.07) is 22.2. The first-order valence-corrected chi connectivity index (χ1v) is 8.67. The monoisotopic (exact) mass is 338 g/mol. The van der Waals surface area contributed by atoms with Gasteiger partial charge in [0.15, 0.2) is 5.65 Å². The minimum atomic E-state index is 0.641. The van der Waals surface area contributed by atoms with E-state index in [9.17, 15) is 5.26 Å². The Hall–Kier alpha value is -3.45. The van der Waals surface area contributed by atoms with Crippen LogP contribution in [0.25, 0.3) is 28.0 Å². The summed E-state index contributed by atoms with van der Waals surface area (Å²) in [5.74, 6) is 0. The number of rotatable bonds is 3. The standard InChI is InChI=1S/C22H18N4/c1-3-18-19(14-23)21(16-10-6-4-7-11-16)24-22-20(18)15(2)25-26(22)17-12-8-5-9-13-17/h4-13H,3H2,1-2H3. The van der Waals surface area contributed by atoms with Crippen molar-refractivity contribution in [2.75, 3.05) is 0 Å². The molecule has 0 atom stereocenters. The maximum Gasteiger partial charge on any atom is 0.164 e. The molecule has 0 radical (unpaired) electrons. The molecule has 0 unspecified atom stereocenters. The number of nitrogens with zero attached hydrogens (tertiary/aromatic N) is 4. The summed E-state index contributed by atoms with van der Waals surface area (Å²) >= 11 is 0. The Morgan fingerprint density at radius 1 is 1.00 bits per heavy atom. The molecular formula is C22H18N4. The van der Waals surface area contributed by atoms with Crippen molar-refractivity contribution in [2.45, 2.75) is 20.3 Å². The van der Waals surface area contributed by atoms with Crippen molar-refractivity contribution in [1.82, 2.24) is 14.8 Å². The van der Waals surface area contributed by atoms with Gasteiger partial charge in [-0.15, -0.1) is 0 Å². The van der Waals surface area contributed by atoms with Crippen molar-refractivity contribution in [3.05, 3.63) is 77.5 Å². The molecule has 2 heterocycles.